The van der Waals surface area contributed by atoms with Gasteiger partial charge in [-0.1, -0.05) is 44.2 Å². The van der Waals surface area contributed by atoms with Crippen LogP contribution in [0.25, 0.3) is 0 Å². The first-order valence-corrected chi connectivity index (χ1v) is 7.92. The van der Waals surface area contributed by atoms with Crippen LogP contribution in [-0.2, 0) is 12.8 Å². The fourth-order valence-corrected chi connectivity index (χ4v) is 3.04. The molecule has 0 amide bonds. The minimum atomic E-state index is -0.0772. The van der Waals surface area contributed by atoms with Crippen LogP contribution in [0.15, 0.2) is 30.3 Å². The van der Waals surface area contributed by atoms with Crippen LogP contribution in [0.5, 0.6) is 0 Å². The Bertz CT molecular complexity index is 725. The molecule has 1 aromatic carbocycles. The van der Waals surface area contributed by atoms with Gasteiger partial charge in [0.1, 0.15) is 5.82 Å². The van der Waals surface area contributed by atoms with Crippen LogP contribution in [-0.4, -0.2) is 22.3 Å². The Morgan fingerprint density at radius 3 is 2.65 bits per heavy atom. The number of Topliss-reactive ketones (excluding diaryl/α,β-unsaturated/α-hetero) is 1. The van der Waals surface area contributed by atoms with Gasteiger partial charge in [0.25, 0.3) is 0 Å². The lowest BCUT2D eigenvalue weighted by Crippen LogP contribution is -2.29. The van der Waals surface area contributed by atoms with E-state index in [0.717, 1.165) is 25.1 Å². The molecule has 5 heteroatoms. The van der Waals surface area contributed by atoms with E-state index < -0.39 is 0 Å². The second kappa shape index (κ2) is 5.99. The van der Waals surface area contributed by atoms with Crippen LogP contribution < -0.4 is 11.1 Å². The van der Waals surface area contributed by atoms with E-state index in [-0.39, 0.29) is 17.0 Å². The van der Waals surface area contributed by atoms with Gasteiger partial charge in [0.15, 0.2) is 5.78 Å². The SMILES string of the molecule is CC1(C)CC(=O)c2c(N)nc(NCCc3ccccc3)nc2C1. The molecular weight excluding hydrogens is 288 g/mol. The summed E-state index contributed by atoms with van der Waals surface area (Å²) in [6, 6.07) is 10.2. The van der Waals surface area contributed by atoms with E-state index in [1.807, 2.05) is 18.2 Å². The topological polar surface area (TPSA) is 80.9 Å². The van der Waals surface area contributed by atoms with Crippen LogP contribution in [0, 0.1) is 5.41 Å². The van der Waals surface area contributed by atoms with E-state index in [2.05, 4.69) is 41.3 Å². The van der Waals surface area contributed by atoms with Gasteiger partial charge in [0, 0.05) is 13.0 Å². The molecule has 1 aromatic heterocycles. The van der Waals surface area contributed by atoms with Gasteiger partial charge in [-0.05, 0) is 23.8 Å². The Morgan fingerprint density at radius 2 is 1.91 bits per heavy atom. The number of fused-ring (bicyclic) bond motifs is 1. The number of nitrogen functional groups attached to an aromatic ring is 1. The number of benzene rings is 1. The van der Waals surface area contributed by atoms with Crippen LogP contribution in [0.4, 0.5) is 11.8 Å². The summed E-state index contributed by atoms with van der Waals surface area (Å²) in [4.78, 5) is 21.0. The number of nitrogens with zero attached hydrogens (tertiary/aromatic N) is 2. The smallest absolute Gasteiger partial charge is 0.224 e. The van der Waals surface area contributed by atoms with Gasteiger partial charge in [-0.3, -0.25) is 4.79 Å². The van der Waals surface area contributed by atoms with Crippen molar-refractivity contribution in [3.8, 4) is 0 Å². The number of rotatable bonds is 4. The molecule has 1 heterocycles. The second-order valence-corrected chi connectivity index (χ2v) is 6.86. The van der Waals surface area contributed by atoms with Crippen molar-refractivity contribution in [2.24, 2.45) is 5.41 Å². The zero-order chi connectivity index (χ0) is 16.4. The third-order valence-corrected chi connectivity index (χ3v) is 4.12. The Morgan fingerprint density at radius 1 is 1.17 bits per heavy atom. The van der Waals surface area contributed by atoms with Crippen molar-refractivity contribution in [3.63, 3.8) is 0 Å². The molecule has 1 aliphatic carbocycles. The second-order valence-electron chi connectivity index (χ2n) is 6.86. The summed E-state index contributed by atoms with van der Waals surface area (Å²) in [6.45, 7) is 4.88. The monoisotopic (exact) mass is 310 g/mol. The standard InChI is InChI=1S/C18H22N4O/c1-18(2)10-13-15(14(23)11-18)16(19)22-17(21-13)20-9-8-12-6-4-3-5-7-12/h3-7H,8-11H2,1-2H3,(H3,19,20,21,22). The van der Waals surface area contributed by atoms with Crippen LogP contribution in [0.2, 0.25) is 0 Å². The predicted octanol–water partition coefficient (Wildman–Crippen LogP) is 2.87. The maximum Gasteiger partial charge on any atom is 0.224 e. The Labute approximate surface area is 136 Å². The fourth-order valence-electron chi connectivity index (χ4n) is 3.04. The van der Waals surface area contributed by atoms with E-state index in [1.54, 1.807) is 0 Å². The third kappa shape index (κ3) is 3.50. The molecule has 0 atom stereocenters. The molecule has 23 heavy (non-hydrogen) atoms. The zero-order valence-corrected chi connectivity index (χ0v) is 13.6. The average molecular weight is 310 g/mol. The van der Waals surface area contributed by atoms with Crippen molar-refractivity contribution in [1.82, 2.24) is 9.97 Å². The first kappa shape index (κ1) is 15.5. The van der Waals surface area contributed by atoms with Gasteiger partial charge in [0.2, 0.25) is 5.95 Å². The van der Waals surface area contributed by atoms with E-state index in [1.165, 1.54) is 5.56 Å². The van der Waals surface area contributed by atoms with E-state index in [9.17, 15) is 4.79 Å². The number of aromatic nitrogens is 2. The quantitative estimate of drug-likeness (QED) is 0.907. The highest BCUT2D eigenvalue weighted by atomic mass is 16.1. The van der Waals surface area contributed by atoms with Crippen molar-refractivity contribution in [2.45, 2.75) is 33.1 Å². The fraction of sp³-hybridized carbons (Fsp3) is 0.389. The van der Waals surface area contributed by atoms with Crippen molar-refractivity contribution in [3.05, 3.63) is 47.2 Å². The van der Waals surface area contributed by atoms with Crippen molar-refractivity contribution in [1.29, 1.82) is 0 Å². The molecule has 0 fully saturated rings. The lowest BCUT2D eigenvalue weighted by atomic mass is 9.76. The highest BCUT2D eigenvalue weighted by Gasteiger charge is 2.34. The molecule has 0 aliphatic heterocycles. The maximum absolute atomic E-state index is 12.3. The number of carbonyl (C=O) groups excluding carboxylic acids is 1. The molecule has 2 aromatic rings. The van der Waals surface area contributed by atoms with Gasteiger partial charge >= 0.3 is 0 Å². The molecule has 5 nitrogen and oxygen atoms in total. The van der Waals surface area contributed by atoms with Crippen LogP contribution in [0.1, 0.15) is 41.9 Å². The molecule has 0 saturated heterocycles. The first-order chi connectivity index (χ1) is 10.9. The Kier molecular flexibility index (Phi) is 4.03. The van der Waals surface area contributed by atoms with Crippen LogP contribution >= 0.6 is 0 Å². The number of nitrogens with two attached hydrogens (primary N) is 1. The van der Waals surface area contributed by atoms with Crippen molar-refractivity contribution < 1.29 is 4.79 Å². The van der Waals surface area contributed by atoms with Gasteiger partial charge in [-0.15, -0.1) is 0 Å². The highest BCUT2D eigenvalue weighted by molar-refractivity contribution is 6.02. The lowest BCUT2D eigenvalue weighted by molar-refractivity contribution is 0.0911. The predicted molar refractivity (Wildman–Crippen MR) is 91.5 cm³/mol. The summed E-state index contributed by atoms with van der Waals surface area (Å²) in [5.41, 5.74) is 8.44. The summed E-state index contributed by atoms with van der Waals surface area (Å²) in [7, 11) is 0. The number of nitrogens with one attached hydrogen (secondary N) is 1. The summed E-state index contributed by atoms with van der Waals surface area (Å²) >= 11 is 0. The average Bonchev–Trinajstić information content (AvgIpc) is 2.46. The largest absolute Gasteiger partial charge is 0.383 e. The van der Waals surface area contributed by atoms with E-state index in [4.69, 9.17) is 5.73 Å². The number of hydrogen-bond donors (Lipinski definition) is 2. The normalized spacial score (nSPS) is 16.0. The molecule has 0 spiro atoms. The number of hydrogen-bond acceptors (Lipinski definition) is 5. The molecule has 0 saturated carbocycles. The third-order valence-electron chi connectivity index (χ3n) is 4.12. The van der Waals surface area contributed by atoms with Crippen molar-refractivity contribution >= 4 is 17.5 Å². The molecule has 0 radical (unpaired) electrons. The van der Waals surface area contributed by atoms with Gasteiger partial charge in [-0.25, -0.2) is 4.98 Å². The molecule has 1 aliphatic rings. The number of carbonyl (C=O) groups is 1. The summed E-state index contributed by atoms with van der Waals surface area (Å²) in [6.07, 6.45) is 2.12. The van der Waals surface area contributed by atoms with Gasteiger partial charge < -0.3 is 11.1 Å². The summed E-state index contributed by atoms with van der Waals surface area (Å²) < 4.78 is 0. The minimum Gasteiger partial charge on any atom is -0.383 e. The number of ketones is 1. The van der Waals surface area contributed by atoms with E-state index >= 15 is 0 Å². The number of anilines is 2. The molecule has 0 bridgehead atoms. The van der Waals surface area contributed by atoms with Crippen LogP contribution in [0.3, 0.4) is 0 Å². The lowest BCUT2D eigenvalue weighted by Gasteiger charge is -2.29. The minimum absolute atomic E-state index is 0.0459. The van der Waals surface area contributed by atoms with Gasteiger partial charge in [-0.2, -0.15) is 4.98 Å². The maximum atomic E-state index is 12.3. The Balaban J connectivity index is 1.74. The van der Waals surface area contributed by atoms with Crippen molar-refractivity contribution in [2.75, 3.05) is 17.6 Å². The highest BCUT2D eigenvalue weighted by Crippen LogP contribution is 2.35. The summed E-state index contributed by atoms with van der Waals surface area (Å²) in [5, 5.41) is 3.21. The Hall–Kier alpha value is -2.43. The van der Waals surface area contributed by atoms with Gasteiger partial charge in [0.05, 0.1) is 11.3 Å². The zero-order valence-electron chi connectivity index (χ0n) is 13.6. The first-order valence-electron chi connectivity index (χ1n) is 7.92. The molecular formula is C18H22N4O. The molecule has 3 N–H and O–H groups in total. The summed E-state index contributed by atoms with van der Waals surface area (Å²) in [5.74, 6) is 0.838. The molecule has 120 valence electrons. The molecule has 3 rings (SSSR count). The molecule has 0 unspecified atom stereocenters. The van der Waals surface area contributed by atoms with E-state index in [0.29, 0.717) is 17.9 Å².